The number of carboxylic acid groups (broad SMARTS) is 1. The van der Waals surface area contributed by atoms with Crippen molar-refractivity contribution in [1.82, 2.24) is 5.32 Å². The highest BCUT2D eigenvalue weighted by atomic mass is 16.4. The molecular weight excluding hydrogens is 226 g/mol. The third-order valence-corrected chi connectivity index (χ3v) is 3.80. The van der Waals surface area contributed by atoms with Crippen LogP contribution in [0.25, 0.3) is 0 Å². The minimum absolute atomic E-state index is 0.372. The largest absolute Gasteiger partial charge is 0.480 e. The highest BCUT2D eigenvalue weighted by molar-refractivity contribution is 5.75. The van der Waals surface area contributed by atoms with Gasteiger partial charge in [0.2, 0.25) is 0 Å². The summed E-state index contributed by atoms with van der Waals surface area (Å²) in [7, 11) is 0. The molecule has 0 aliphatic heterocycles. The van der Waals surface area contributed by atoms with Crippen LogP contribution in [0.2, 0.25) is 0 Å². The smallest absolute Gasteiger partial charge is 0.325 e. The van der Waals surface area contributed by atoms with Gasteiger partial charge in [-0.25, -0.2) is 0 Å². The molecule has 1 aliphatic rings. The van der Waals surface area contributed by atoms with Crippen LogP contribution < -0.4 is 5.32 Å². The summed E-state index contributed by atoms with van der Waals surface area (Å²) in [6.07, 6.45) is 4.83. The van der Waals surface area contributed by atoms with Crippen molar-refractivity contribution in [3.63, 3.8) is 0 Å². The second-order valence-electron chi connectivity index (χ2n) is 5.31. The van der Waals surface area contributed by atoms with Gasteiger partial charge in [0.1, 0.15) is 6.04 Å². The van der Waals surface area contributed by atoms with Gasteiger partial charge >= 0.3 is 5.97 Å². The van der Waals surface area contributed by atoms with E-state index in [4.69, 9.17) is 0 Å². The first-order valence-electron chi connectivity index (χ1n) is 6.68. The SMILES string of the molecule is CCCC1(CNC(C(=O)O)c2ccccc2)CC1. The molecule has 2 rings (SSSR count). The zero-order valence-corrected chi connectivity index (χ0v) is 10.9. The van der Waals surface area contributed by atoms with Crippen LogP contribution in [0.5, 0.6) is 0 Å². The Kier molecular flexibility index (Phi) is 4.02. The lowest BCUT2D eigenvalue weighted by Gasteiger charge is -2.20. The highest BCUT2D eigenvalue weighted by Crippen LogP contribution is 2.49. The first-order chi connectivity index (χ1) is 8.67. The molecular formula is C15H21NO2. The van der Waals surface area contributed by atoms with Crippen LogP contribution in [0.1, 0.15) is 44.2 Å². The molecule has 0 aromatic heterocycles. The van der Waals surface area contributed by atoms with Crippen LogP contribution in [0.15, 0.2) is 30.3 Å². The van der Waals surface area contributed by atoms with Crippen molar-refractivity contribution >= 4 is 5.97 Å². The lowest BCUT2D eigenvalue weighted by Crippen LogP contribution is -2.33. The van der Waals surface area contributed by atoms with Crippen molar-refractivity contribution in [2.24, 2.45) is 5.41 Å². The van der Waals surface area contributed by atoms with E-state index in [-0.39, 0.29) is 0 Å². The van der Waals surface area contributed by atoms with Gasteiger partial charge in [-0.2, -0.15) is 0 Å². The van der Waals surface area contributed by atoms with Gasteiger partial charge in [-0.05, 0) is 30.2 Å². The topological polar surface area (TPSA) is 49.3 Å². The molecule has 0 saturated heterocycles. The van der Waals surface area contributed by atoms with E-state index in [1.54, 1.807) is 0 Å². The fourth-order valence-corrected chi connectivity index (χ4v) is 2.53. The Morgan fingerprint density at radius 2 is 2.06 bits per heavy atom. The number of benzene rings is 1. The number of hydrogen-bond donors (Lipinski definition) is 2. The zero-order chi connectivity index (χ0) is 13.0. The normalized spacial score (nSPS) is 18.3. The number of nitrogens with one attached hydrogen (secondary N) is 1. The summed E-state index contributed by atoms with van der Waals surface area (Å²) in [5.74, 6) is -0.798. The molecule has 1 atom stereocenters. The van der Waals surface area contributed by atoms with Crippen LogP contribution in [-0.2, 0) is 4.79 Å². The van der Waals surface area contributed by atoms with Crippen molar-refractivity contribution in [1.29, 1.82) is 0 Å². The quantitative estimate of drug-likeness (QED) is 0.778. The van der Waals surface area contributed by atoms with Crippen molar-refractivity contribution in [3.8, 4) is 0 Å². The monoisotopic (exact) mass is 247 g/mol. The molecule has 0 amide bonds. The molecule has 3 nitrogen and oxygen atoms in total. The molecule has 98 valence electrons. The zero-order valence-electron chi connectivity index (χ0n) is 10.9. The molecule has 1 fully saturated rings. The second-order valence-corrected chi connectivity index (χ2v) is 5.31. The maximum absolute atomic E-state index is 11.3. The summed E-state index contributed by atoms with van der Waals surface area (Å²) < 4.78 is 0. The Morgan fingerprint density at radius 3 is 2.56 bits per heavy atom. The van der Waals surface area contributed by atoms with E-state index in [9.17, 15) is 9.90 Å². The molecule has 1 saturated carbocycles. The molecule has 18 heavy (non-hydrogen) atoms. The summed E-state index contributed by atoms with van der Waals surface area (Å²) in [6.45, 7) is 3.00. The van der Waals surface area contributed by atoms with Crippen LogP contribution in [0, 0.1) is 5.41 Å². The van der Waals surface area contributed by atoms with Crippen LogP contribution in [0.3, 0.4) is 0 Å². The predicted molar refractivity (Wildman–Crippen MR) is 71.4 cm³/mol. The molecule has 1 aliphatic carbocycles. The molecule has 0 bridgehead atoms. The van der Waals surface area contributed by atoms with E-state index in [2.05, 4.69) is 12.2 Å². The molecule has 1 aromatic rings. The van der Waals surface area contributed by atoms with Gasteiger partial charge in [0.05, 0.1) is 0 Å². The van der Waals surface area contributed by atoms with Gasteiger partial charge in [0, 0.05) is 6.54 Å². The van der Waals surface area contributed by atoms with Gasteiger partial charge in [-0.1, -0.05) is 43.7 Å². The van der Waals surface area contributed by atoms with Gasteiger partial charge in [-0.15, -0.1) is 0 Å². The summed E-state index contributed by atoms with van der Waals surface area (Å²) in [5.41, 5.74) is 1.20. The van der Waals surface area contributed by atoms with Crippen molar-refractivity contribution in [2.45, 2.75) is 38.6 Å². The number of carbonyl (C=O) groups is 1. The first kappa shape index (κ1) is 13.1. The molecule has 0 radical (unpaired) electrons. The molecule has 3 heteroatoms. The van der Waals surface area contributed by atoms with Gasteiger partial charge < -0.3 is 10.4 Å². The van der Waals surface area contributed by atoms with E-state index >= 15 is 0 Å². The fourth-order valence-electron chi connectivity index (χ4n) is 2.53. The third-order valence-electron chi connectivity index (χ3n) is 3.80. The van der Waals surface area contributed by atoms with Crippen molar-refractivity contribution in [3.05, 3.63) is 35.9 Å². The van der Waals surface area contributed by atoms with E-state index in [1.807, 2.05) is 30.3 Å². The van der Waals surface area contributed by atoms with Gasteiger partial charge in [0.25, 0.3) is 0 Å². The minimum atomic E-state index is -0.798. The summed E-state index contributed by atoms with van der Waals surface area (Å²) in [5, 5.41) is 12.5. The van der Waals surface area contributed by atoms with Crippen molar-refractivity contribution < 1.29 is 9.90 Å². The van der Waals surface area contributed by atoms with Crippen LogP contribution >= 0.6 is 0 Å². The summed E-state index contributed by atoms with van der Waals surface area (Å²) in [4.78, 5) is 11.3. The Bertz CT molecular complexity index is 398. The standard InChI is InChI=1S/C15H21NO2/c1-2-8-15(9-10-15)11-16-13(14(17)18)12-6-4-3-5-7-12/h3-7,13,16H,2,8-11H2,1H3,(H,17,18). The number of aliphatic carboxylic acids is 1. The van der Waals surface area contributed by atoms with Gasteiger partial charge in [0.15, 0.2) is 0 Å². The average Bonchev–Trinajstić information content (AvgIpc) is 3.11. The Morgan fingerprint density at radius 1 is 1.39 bits per heavy atom. The maximum atomic E-state index is 11.3. The molecule has 2 N–H and O–H groups in total. The summed E-state index contributed by atoms with van der Waals surface area (Å²) >= 11 is 0. The molecule has 0 spiro atoms. The van der Waals surface area contributed by atoms with Gasteiger partial charge in [-0.3, -0.25) is 4.79 Å². The highest BCUT2D eigenvalue weighted by Gasteiger charge is 2.41. The Labute approximate surface area is 108 Å². The lowest BCUT2D eigenvalue weighted by atomic mass is 9.99. The van der Waals surface area contributed by atoms with Crippen molar-refractivity contribution in [2.75, 3.05) is 6.54 Å². The fraction of sp³-hybridized carbons (Fsp3) is 0.533. The Balaban J connectivity index is 1.98. The Hall–Kier alpha value is -1.35. The van der Waals surface area contributed by atoms with E-state index in [0.717, 1.165) is 12.1 Å². The minimum Gasteiger partial charge on any atom is -0.480 e. The lowest BCUT2D eigenvalue weighted by molar-refractivity contribution is -0.139. The van der Waals surface area contributed by atoms with E-state index < -0.39 is 12.0 Å². The van der Waals surface area contributed by atoms with E-state index in [0.29, 0.717) is 5.41 Å². The summed E-state index contributed by atoms with van der Waals surface area (Å²) in [6, 6.07) is 8.82. The third kappa shape index (κ3) is 3.10. The number of hydrogen-bond acceptors (Lipinski definition) is 2. The molecule has 0 heterocycles. The van der Waals surface area contributed by atoms with Crippen LogP contribution in [0.4, 0.5) is 0 Å². The predicted octanol–water partition coefficient (Wildman–Crippen LogP) is 2.98. The first-order valence-corrected chi connectivity index (χ1v) is 6.68. The number of carboxylic acids is 1. The second kappa shape index (κ2) is 5.53. The maximum Gasteiger partial charge on any atom is 0.325 e. The van der Waals surface area contributed by atoms with Crippen LogP contribution in [-0.4, -0.2) is 17.6 Å². The number of rotatable bonds is 7. The average molecular weight is 247 g/mol. The molecule has 1 aromatic carbocycles. The van der Waals surface area contributed by atoms with E-state index in [1.165, 1.54) is 25.7 Å². The molecule has 1 unspecified atom stereocenters.